The molecule has 0 aromatic heterocycles. The molecule has 1 heterocycles. The second kappa shape index (κ2) is 4.49. The molecule has 1 fully saturated rings. The molecule has 2 unspecified atom stereocenters. The van der Waals surface area contributed by atoms with Gasteiger partial charge < -0.3 is 4.74 Å². The molecule has 0 bridgehead atoms. The molecule has 3 nitrogen and oxygen atoms in total. The summed E-state index contributed by atoms with van der Waals surface area (Å²) in [6, 6.07) is 0. The van der Waals surface area contributed by atoms with Crippen molar-refractivity contribution in [3.8, 4) is 0 Å². The lowest BCUT2D eigenvalue weighted by atomic mass is 10.1. The molecule has 0 saturated carbocycles. The zero-order valence-electron chi connectivity index (χ0n) is 6.79. The van der Waals surface area contributed by atoms with E-state index in [9.17, 15) is 0 Å². The first-order valence-electron chi connectivity index (χ1n) is 3.85. The molecule has 0 aromatic carbocycles. The van der Waals surface area contributed by atoms with E-state index in [-0.39, 0.29) is 12.2 Å². The summed E-state index contributed by atoms with van der Waals surface area (Å²) in [4.78, 5) is 9.92. The maximum absolute atomic E-state index is 5.37. The third-order valence-corrected chi connectivity index (χ3v) is 1.66. The van der Waals surface area contributed by atoms with Crippen molar-refractivity contribution in [3.63, 3.8) is 0 Å². The van der Waals surface area contributed by atoms with Gasteiger partial charge in [0.25, 0.3) is 0 Å². The molecule has 1 saturated heterocycles. The van der Waals surface area contributed by atoms with Crippen LogP contribution in [0.1, 0.15) is 13.3 Å². The van der Waals surface area contributed by atoms with Crippen LogP contribution in [0.2, 0.25) is 0 Å². The van der Waals surface area contributed by atoms with Crippen LogP contribution < -0.4 is 0 Å². The minimum absolute atomic E-state index is 0.00463. The predicted octanol–water partition coefficient (Wildman–Crippen LogP) is 1.30. The molecular formula is C8H14O3. The molecule has 1 aliphatic rings. The molecule has 64 valence electrons. The summed E-state index contributed by atoms with van der Waals surface area (Å²) in [5.41, 5.74) is 0. The lowest BCUT2D eigenvalue weighted by Crippen LogP contribution is -2.25. The lowest BCUT2D eigenvalue weighted by molar-refractivity contribution is -0.318. The van der Waals surface area contributed by atoms with Gasteiger partial charge in [0, 0.05) is 0 Å². The smallest absolute Gasteiger partial charge is 0.122 e. The van der Waals surface area contributed by atoms with E-state index in [1.807, 2.05) is 6.92 Å². The van der Waals surface area contributed by atoms with Crippen LogP contribution >= 0.6 is 0 Å². The van der Waals surface area contributed by atoms with Gasteiger partial charge in [-0.1, -0.05) is 6.08 Å². The highest BCUT2D eigenvalue weighted by molar-refractivity contribution is 4.77. The van der Waals surface area contributed by atoms with Gasteiger partial charge in [-0.25, -0.2) is 9.78 Å². The van der Waals surface area contributed by atoms with Gasteiger partial charge in [-0.05, 0) is 13.3 Å². The number of hydrogen-bond acceptors (Lipinski definition) is 3. The second-order valence-electron chi connectivity index (χ2n) is 2.56. The Balaban J connectivity index is 2.38. The van der Waals surface area contributed by atoms with Crippen LogP contribution in [-0.2, 0) is 14.5 Å². The van der Waals surface area contributed by atoms with Gasteiger partial charge in [0.1, 0.15) is 12.7 Å². The molecule has 11 heavy (non-hydrogen) atoms. The first kappa shape index (κ1) is 8.71. The standard InChI is InChI=1S/C8H14O3/c1-3-4-8-7(2)9-5-6-10-11-8/h3,7-8H,1,4-6H2,2H3. The SMILES string of the molecule is C=CCC1OOCCOC1C. The summed E-state index contributed by atoms with van der Waals surface area (Å²) < 4.78 is 5.37. The number of ether oxygens (including phenoxy) is 1. The van der Waals surface area contributed by atoms with Crippen molar-refractivity contribution in [3.05, 3.63) is 12.7 Å². The fraction of sp³-hybridized carbons (Fsp3) is 0.750. The van der Waals surface area contributed by atoms with Crippen molar-refractivity contribution in [1.82, 2.24) is 0 Å². The Kier molecular flexibility index (Phi) is 3.56. The molecule has 0 aromatic rings. The molecule has 2 atom stereocenters. The summed E-state index contributed by atoms with van der Waals surface area (Å²) in [6.45, 7) is 6.72. The molecule has 3 heteroatoms. The van der Waals surface area contributed by atoms with Gasteiger partial charge >= 0.3 is 0 Å². The van der Waals surface area contributed by atoms with E-state index >= 15 is 0 Å². The monoisotopic (exact) mass is 158 g/mol. The molecule has 0 aliphatic carbocycles. The molecular weight excluding hydrogens is 144 g/mol. The maximum Gasteiger partial charge on any atom is 0.122 e. The fourth-order valence-corrected chi connectivity index (χ4v) is 0.984. The Bertz CT molecular complexity index is 125. The Labute approximate surface area is 66.9 Å². The quantitative estimate of drug-likeness (QED) is 0.448. The zero-order valence-corrected chi connectivity index (χ0v) is 6.79. The van der Waals surface area contributed by atoms with Gasteiger partial charge in [0.05, 0.1) is 12.7 Å². The van der Waals surface area contributed by atoms with E-state index in [4.69, 9.17) is 14.5 Å². The Hall–Kier alpha value is -0.380. The van der Waals surface area contributed by atoms with Crippen molar-refractivity contribution in [1.29, 1.82) is 0 Å². The van der Waals surface area contributed by atoms with Crippen LogP contribution in [0.25, 0.3) is 0 Å². The van der Waals surface area contributed by atoms with Crippen LogP contribution in [0, 0.1) is 0 Å². The molecule has 0 spiro atoms. The summed E-state index contributed by atoms with van der Waals surface area (Å²) in [5, 5.41) is 0. The van der Waals surface area contributed by atoms with Gasteiger partial charge in [0.15, 0.2) is 0 Å². The molecule has 0 radical (unpaired) electrons. The van der Waals surface area contributed by atoms with Crippen molar-refractivity contribution in [2.24, 2.45) is 0 Å². The molecule has 1 aliphatic heterocycles. The van der Waals surface area contributed by atoms with Crippen molar-refractivity contribution in [2.45, 2.75) is 25.6 Å². The van der Waals surface area contributed by atoms with Crippen LogP contribution in [0.4, 0.5) is 0 Å². The highest BCUT2D eigenvalue weighted by atomic mass is 17.2. The average Bonchev–Trinajstić information content (AvgIpc) is 2.18. The summed E-state index contributed by atoms with van der Waals surface area (Å²) >= 11 is 0. The van der Waals surface area contributed by atoms with Gasteiger partial charge in [-0.2, -0.15) is 0 Å². The van der Waals surface area contributed by atoms with Gasteiger partial charge in [-0.15, -0.1) is 6.58 Å². The molecule has 1 rings (SSSR count). The highest BCUT2D eigenvalue weighted by Crippen LogP contribution is 2.11. The summed E-state index contributed by atoms with van der Waals surface area (Å²) in [7, 11) is 0. The highest BCUT2D eigenvalue weighted by Gasteiger charge is 2.20. The summed E-state index contributed by atoms with van der Waals surface area (Å²) in [6.07, 6.45) is 2.66. The lowest BCUT2D eigenvalue weighted by Gasteiger charge is -2.17. The zero-order chi connectivity index (χ0) is 8.10. The second-order valence-corrected chi connectivity index (χ2v) is 2.56. The van der Waals surface area contributed by atoms with Crippen LogP contribution in [0.5, 0.6) is 0 Å². The van der Waals surface area contributed by atoms with Crippen molar-refractivity contribution >= 4 is 0 Å². The fourth-order valence-electron chi connectivity index (χ4n) is 0.984. The first-order chi connectivity index (χ1) is 5.34. The number of rotatable bonds is 2. The van der Waals surface area contributed by atoms with Gasteiger partial charge in [0.2, 0.25) is 0 Å². The summed E-state index contributed by atoms with van der Waals surface area (Å²) in [5.74, 6) is 0. The van der Waals surface area contributed by atoms with E-state index in [0.717, 1.165) is 6.42 Å². The largest absolute Gasteiger partial charge is 0.373 e. The van der Waals surface area contributed by atoms with Gasteiger partial charge in [-0.3, -0.25) is 0 Å². The third kappa shape index (κ3) is 2.61. The predicted molar refractivity (Wildman–Crippen MR) is 41.1 cm³/mol. The van der Waals surface area contributed by atoms with Crippen LogP contribution in [-0.4, -0.2) is 25.4 Å². The van der Waals surface area contributed by atoms with E-state index in [2.05, 4.69) is 6.58 Å². The van der Waals surface area contributed by atoms with Crippen LogP contribution in [0.3, 0.4) is 0 Å². The Morgan fingerprint density at radius 2 is 2.36 bits per heavy atom. The van der Waals surface area contributed by atoms with E-state index in [0.29, 0.717) is 13.2 Å². The Morgan fingerprint density at radius 1 is 1.55 bits per heavy atom. The van der Waals surface area contributed by atoms with E-state index < -0.39 is 0 Å². The maximum atomic E-state index is 5.37. The first-order valence-corrected chi connectivity index (χ1v) is 3.85. The minimum Gasteiger partial charge on any atom is -0.373 e. The Morgan fingerprint density at radius 3 is 3.09 bits per heavy atom. The normalized spacial score (nSPS) is 32.8. The third-order valence-electron chi connectivity index (χ3n) is 1.66. The van der Waals surface area contributed by atoms with Crippen LogP contribution in [0.15, 0.2) is 12.7 Å². The van der Waals surface area contributed by atoms with E-state index in [1.54, 1.807) is 6.08 Å². The number of hydrogen-bond donors (Lipinski definition) is 0. The van der Waals surface area contributed by atoms with E-state index in [1.165, 1.54) is 0 Å². The van der Waals surface area contributed by atoms with Crippen molar-refractivity contribution < 1.29 is 14.5 Å². The molecule has 0 N–H and O–H groups in total. The van der Waals surface area contributed by atoms with Crippen molar-refractivity contribution in [2.75, 3.05) is 13.2 Å². The minimum atomic E-state index is -0.00463. The molecule has 0 amide bonds. The average molecular weight is 158 g/mol. The topological polar surface area (TPSA) is 27.7 Å².